The number of nitrogens with two attached hydrogens (primary N) is 1. The van der Waals surface area contributed by atoms with Gasteiger partial charge in [-0.15, -0.1) is 0 Å². The minimum absolute atomic E-state index is 0.0533. The van der Waals surface area contributed by atoms with Gasteiger partial charge < -0.3 is 10.5 Å². The molecule has 1 atom stereocenters. The Morgan fingerprint density at radius 1 is 1.32 bits per heavy atom. The molecule has 4 nitrogen and oxygen atoms in total. The molecule has 2 rings (SSSR count). The molecule has 7 heteroatoms. The quantitative estimate of drug-likeness (QED) is 0.808. The highest BCUT2D eigenvalue weighted by Gasteiger charge is 2.34. The molecular formula is C18H22F3N3O. The SMILES string of the molecule is COC1=NC(CC(C=Nc2ccccc2)=C(N)C(F)(F)F)CCCC1. The van der Waals surface area contributed by atoms with Crippen LogP contribution in [-0.2, 0) is 4.74 Å². The number of aliphatic imine (C=N–C) groups is 2. The summed E-state index contributed by atoms with van der Waals surface area (Å²) < 4.78 is 44.5. The van der Waals surface area contributed by atoms with E-state index in [1.165, 1.54) is 13.3 Å². The monoisotopic (exact) mass is 353 g/mol. The summed E-state index contributed by atoms with van der Waals surface area (Å²) in [6, 6.07) is 8.48. The Hall–Kier alpha value is -2.31. The van der Waals surface area contributed by atoms with Gasteiger partial charge in [0, 0.05) is 18.2 Å². The lowest BCUT2D eigenvalue weighted by atomic mass is 10.0. The van der Waals surface area contributed by atoms with E-state index < -0.39 is 11.9 Å². The van der Waals surface area contributed by atoms with Gasteiger partial charge in [-0.1, -0.05) is 24.6 Å². The number of allylic oxidation sites excluding steroid dienone is 1. The number of hydrogen-bond donors (Lipinski definition) is 1. The fourth-order valence-corrected chi connectivity index (χ4v) is 2.63. The summed E-state index contributed by atoms with van der Waals surface area (Å²) in [4.78, 5) is 8.56. The maximum atomic E-state index is 13.1. The number of para-hydroxylation sites is 1. The Bertz CT molecular complexity index is 651. The van der Waals surface area contributed by atoms with E-state index in [1.807, 2.05) is 6.07 Å². The number of alkyl halides is 3. The first-order valence-corrected chi connectivity index (χ1v) is 8.15. The zero-order chi connectivity index (χ0) is 18.3. The van der Waals surface area contributed by atoms with E-state index >= 15 is 0 Å². The molecule has 0 radical (unpaired) electrons. The fourth-order valence-electron chi connectivity index (χ4n) is 2.63. The maximum absolute atomic E-state index is 13.1. The van der Waals surface area contributed by atoms with Gasteiger partial charge in [0.1, 0.15) is 5.70 Å². The van der Waals surface area contributed by atoms with Crippen LogP contribution in [0.25, 0.3) is 0 Å². The van der Waals surface area contributed by atoms with Gasteiger partial charge in [-0.2, -0.15) is 13.2 Å². The van der Waals surface area contributed by atoms with Gasteiger partial charge in [0.25, 0.3) is 0 Å². The Kier molecular flexibility index (Phi) is 6.61. The molecule has 0 aliphatic carbocycles. The third kappa shape index (κ3) is 5.92. The van der Waals surface area contributed by atoms with E-state index in [0.29, 0.717) is 24.4 Å². The number of methoxy groups -OCH3 is 1. The molecule has 1 aliphatic rings. The van der Waals surface area contributed by atoms with Gasteiger partial charge in [0.15, 0.2) is 5.90 Å². The predicted octanol–water partition coefficient (Wildman–Crippen LogP) is 4.54. The first-order valence-electron chi connectivity index (χ1n) is 8.15. The van der Waals surface area contributed by atoms with Gasteiger partial charge >= 0.3 is 6.18 Å². The molecule has 1 aliphatic heterocycles. The number of nitrogens with zero attached hydrogens (tertiary/aromatic N) is 2. The van der Waals surface area contributed by atoms with Crippen LogP contribution < -0.4 is 5.73 Å². The van der Waals surface area contributed by atoms with Crippen molar-refractivity contribution in [1.82, 2.24) is 0 Å². The first-order chi connectivity index (χ1) is 11.9. The summed E-state index contributed by atoms with van der Waals surface area (Å²) >= 11 is 0. The van der Waals surface area contributed by atoms with Gasteiger partial charge in [0.05, 0.1) is 18.8 Å². The number of ether oxygens (including phenoxy) is 1. The minimum atomic E-state index is -4.60. The molecule has 0 saturated carbocycles. The molecule has 0 bridgehead atoms. The van der Waals surface area contributed by atoms with E-state index in [0.717, 1.165) is 12.8 Å². The number of benzene rings is 1. The van der Waals surface area contributed by atoms with Crippen LogP contribution in [0.2, 0.25) is 0 Å². The molecule has 1 heterocycles. The summed E-state index contributed by atoms with van der Waals surface area (Å²) in [5, 5.41) is 0. The van der Waals surface area contributed by atoms with Gasteiger partial charge in [0.2, 0.25) is 0 Å². The number of rotatable bonds is 4. The molecule has 0 amide bonds. The van der Waals surface area contributed by atoms with Crippen molar-refractivity contribution in [2.45, 2.75) is 44.3 Å². The largest absolute Gasteiger partial charge is 0.484 e. The van der Waals surface area contributed by atoms with Crippen molar-refractivity contribution in [3.8, 4) is 0 Å². The van der Waals surface area contributed by atoms with Crippen LogP contribution in [0, 0.1) is 0 Å². The van der Waals surface area contributed by atoms with Crippen molar-refractivity contribution in [3.05, 3.63) is 41.6 Å². The van der Waals surface area contributed by atoms with E-state index in [-0.39, 0.29) is 18.0 Å². The lowest BCUT2D eigenvalue weighted by Crippen LogP contribution is -2.24. The lowest BCUT2D eigenvalue weighted by Gasteiger charge is -2.16. The summed E-state index contributed by atoms with van der Waals surface area (Å²) in [5.41, 5.74) is 4.76. The molecule has 0 saturated heterocycles. The van der Waals surface area contributed by atoms with Crippen molar-refractivity contribution in [2.75, 3.05) is 7.11 Å². The van der Waals surface area contributed by atoms with Crippen molar-refractivity contribution in [1.29, 1.82) is 0 Å². The second kappa shape index (κ2) is 8.69. The van der Waals surface area contributed by atoms with E-state index in [4.69, 9.17) is 10.5 Å². The fraction of sp³-hybridized carbons (Fsp3) is 0.444. The third-order valence-corrected chi connectivity index (χ3v) is 3.97. The van der Waals surface area contributed by atoms with Gasteiger partial charge in [-0.3, -0.25) is 9.98 Å². The maximum Gasteiger partial charge on any atom is 0.431 e. The smallest absolute Gasteiger partial charge is 0.431 e. The van der Waals surface area contributed by atoms with Gasteiger partial charge in [-0.05, 0) is 31.4 Å². The topological polar surface area (TPSA) is 60.0 Å². The highest BCUT2D eigenvalue weighted by atomic mass is 19.4. The second-order valence-electron chi connectivity index (χ2n) is 5.86. The summed E-state index contributed by atoms with van der Waals surface area (Å²) in [6.45, 7) is 0. The van der Waals surface area contributed by atoms with E-state index in [1.54, 1.807) is 24.3 Å². The van der Waals surface area contributed by atoms with Crippen molar-refractivity contribution >= 4 is 17.8 Å². The van der Waals surface area contributed by atoms with Crippen LogP contribution in [0.4, 0.5) is 18.9 Å². The first kappa shape index (κ1) is 19.0. The van der Waals surface area contributed by atoms with Crippen LogP contribution in [0.1, 0.15) is 32.1 Å². The normalized spacial score (nSPS) is 20.0. The van der Waals surface area contributed by atoms with E-state index in [9.17, 15) is 13.2 Å². The minimum Gasteiger partial charge on any atom is -0.484 e. The highest BCUT2D eigenvalue weighted by molar-refractivity contribution is 5.82. The molecule has 1 aromatic rings. The Labute approximate surface area is 145 Å². The van der Waals surface area contributed by atoms with Crippen LogP contribution in [-0.4, -0.2) is 31.4 Å². The van der Waals surface area contributed by atoms with Gasteiger partial charge in [-0.25, -0.2) is 0 Å². The molecule has 1 aromatic carbocycles. The van der Waals surface area contributed by atoms with E-state index in [2.05, 4.69) is 9.98 Å². The molecule has 1 unspecified atom stereocenters. The summed E-state index contributed by atoms with van der Waals surface area (Å²) in [6.07, 6.45) is -0.124. The molecule has 2 N–H and O–H groups in total. The standard InChI is InChI=1S/C18H22F3N3O/c1-25-16-10-6-5-9-15(24-16)11-13(17(22)18(19,20)21)12-23-14-7-3-2-4-8-14/h2-4,7-8,12,15H,5-6,9-11,22H2,1H3. The second-order valence-corrected chi connectivity index (χ2v) is 5.86. The Morgan fingerprint density at radius 3 is 2.68 bits per heavy atom. The van der Waals surface area contributed by atoms with Crippen LogP contribution in [0.5, 0.6) is 0 Å². The average Bonchev–Trinajstić information content (AvgIpc) is 2.83. The number of halogens is 3. The van der Waals surface area contributed by atoms with Crippen molar-refractivity contribution < 1.29 is 17.9 Å². The Balaban J connectivity index is 2.27. The van der Waals surface area contributed by atoms with Crippen LogP contribution in [0.3, 0.4) is 0 Å². The molecule has 0 spiro atoms. The molecule has 0 aromatic heterocycles. The molecule has 0 fully saturated rings. The predicted molar refractivity (Wildman–Crippen MR) is 93.2 cm³/mol. The highest BCUT2D eigenvalue weighted by Crippen LogP contribution is 2.28. The average molecular weight is 353 g/mol. The van der Waals surface area contributed by atoms with Crippen molar-refractivity contribution in [3.63, 3.8) is 0 Å². The summed E-state index contributed by atoms with van der Waals surface area (Å²) in [5.74, 6) is 0.576. The Morgan fingerprint density at radius 2 is 2.04 bits per heavy atom. The molecular weight excluding hydrogens is 331 g/mol. The van der Waals surface area contributed by atoms with Crippen molar-refractivity contribution in [2.24, 2.45) is 15.7 Å². The number of hydrogen-bond acceptors (Lipinski definition) is 4. The zero-order valence-corrected chi connectivity index (χ0v) is 14.1. The molecule has 136 valence electrons. The summed E-state index contributed by atoms with van der Waals surface area (Å²) in [7, 11) is 1.53. The van der Waals surface area contributed by atoms with Crippen LogP contribution >= 0.6 is 0 Å². The lowest BCUT2D eigenvalue weighted by molar-refractivity contribution is -0.0933. The third-order valence-electron chi connectivity index (χ3n) is 3.97. The molecule has 25 heavy (non-hydrogen) atoms. The van der Waals surface area contributed by atoms with Crippen LogP contribution in [0.15, 0.2) is 51.6 Å². The zero-order valence-electron chi connectivity index (χ0n) is 14.1.